The summed E-state index contributed by atoms with van der Waals surface area (Å²) in [4.78, 5) is 49.2. The molecule has 1 heterocycles. The number of aldehydes is 1. The molecule has 48 heavy (non-hydrogen) atoms. The second-order valence-electron chi connectivity index (χ2n) is 12.6. The van der Waals surface area contributed by atoms with Crippen LogP contribution in [0, 0.1) is 5.92 Å². The third-order valence-corrected chi connectivity index (χ3v) is 7.95. The highest BCUT2D eigenvalue weighted by Gasteiger charge is 2.31. The molecule has 13 heteroatoms. The molecule has 0 aromatic heterocycles. The van der Waals surface area contributed by atoms with Crippen LogP contribution >= 0.6 is 11.6 Å². The lowest BCUT2D eigenvalue weighted by Gasteiger charge is -2.32. The summed E-state index contributed by atoms with van der Waals surface area (Å²) in [5.41, 5.74) is 2.90. The van der Waals surface area contributed by atoms with Crippen molar-refractivity contribution < 1.29 is 38.5 Å². The van der Waals surface area contributed by atoms with E-state index in [-0.39, 0.29) is 37.7 Å². The Morgan fingerprint density at radius 3 is 2.46 bits per heavy atom. The number of carbonyl (C=O) groups excluding carboxylic acids is 4. The summed E-state index contributed by atoms with van der Waals surface area (Å²) in [6.45, 7) is 9.58. The number of imide groups is 1. The van der Waals surface area contributed by atoms with Gasteiger partial charge in [-0.1, -0.05) is 43.6 Å². The molecule has 1 unspecified atom stereocenters. The highest BCUT2D eigenvalue weighted by Crippen LogP contribution is 2.21. The Labute approximate surface area is 288 Å². The molecular formula is C35H51ClN4O8. The van der Waals surface area contributed by atoms with E-state index in [2.05, 4.69) is 29.8 Å². The van der Waals surface area contributed by atoms with Crippen LogP contribution in [0.5, 0.6) is 0 Å². The number of ether oxygens (including phenoxy) is 3. The number of nitrogens with one attached hydrogen (secondary N) is 3. The zero-order valence-corrected chi connectivity index (χ0v) is 29.8. The summed E-state index contributed by atoms with van der Waals surface area (Å²) in [7, 11) is 5.02. The van der Waals surface area contributed by atoms with Crippen molar-refractivity contribution in [3.05, 3.63) is 63.7 Å². The smallest absolute Gasteiger partial charge is 0.319 e. The fourth-order valence-corrected chi connectivity index (χ4v) is 5.40. The number of rotatable bonds is 16. The van der Waals surface area contributed by atoms with Gasteiger partial charge < -0.3 is 30.0 Å². The van der Waals surface area contributed by atoms with Gasteiger partial charge in [-0.05, 0) is 81.0 Å². The molecule has 4 amide bonds. The molecule has 0 spiro atoms. The normalized spacial score (nSPS) is 14.9. The first-order valence-electron chi connectivity index (χ1n) is 16.0. The Morgan fingerprint density at radius 2 is 1.85 bits per heavy atom. The predicted molar refractivity (Wildman–Crippen MR) is 185 cm³/mol. The first-order valence-corrected chi connectivity index (χ1v) is 16.4. The van der Waals surface area contributed by atoms with Gasteiger partial charge in [-0.3, -0.25) is 24.6 Å². The highest BCUT2D eigenvalue weighted by atomic mass is 35.5. The molecule has 1 fully saturated rings. The van der Waals surface area contributed by atoms with Gasteiger partial charge in [0, 0.05) is 63.2 Å². The van der Waals surface area contributed by atoms with Gasteiger partial charge in [0.2, 0.25) is 11.8 Å². The van der Waals surface area contributed by atoms with Crippen LogP contribution in [-0.4, -0.2) is 86.6 Å². The van der Waals surface area contributed by atoms with Crippen molar-refractivity contribution in [3.8, 4) is 0 Å². The van der Waals surface area contributed by atoms with Crippen LogP contribution in [0.2, 0.25) is 5.02 Å². The van der Waals surface area contributed by atoms with Crippen molar-refractivity contribution in [1.82, 2.24) is 15.5 Å². The number of aliphatic hydroxyl groups excluding tert-OH is 1. The molecule has 1 saturated heterocycles. The van der Waals surface area contributed by atoms with E-state index in [0.29, 0.717) is 47.1 Å². The number of likely N-dealkylation sites (N-methyl/N-ethyl adjacent to an activating group) is 1. The zero-order valence-electron chi connectivity index (χ0n) is 29.1. The summed E-state index contributed by atoms with van der Waals surface area (Å²) in [5.74, 6) is 0.0374. The summed E-state index contributed by atoms with van der Waals surface area (Å²) in [6, 6.07) is 9.42. The van der Waals surface area contributed by atoms with E-state index in [0.717, 1.165) is 30.4 Å². The molecular weight excluding hydrogens is 640 g/mol. The summed E-state index contributed by atoms with van der Waals surface area (Å²) in [6.07, 6.45) is 2.62. The molecule has 0 bridgehead atoms. The first-order chi connectivity index (χ1) is 22.7. The topological polar surface area (TPSA) is 156 Å². The van der Waals surface area contributed by atoms with E-state index in [9.17, 15) is 19.2 Å². The number of carbonyl (C=O) groups is 4. The van der Waals surface area contributed by atoms with Gasteiger partial charge in [0.25, 0.3) is 0 Å². The van der Waals surface area contributed by atoms with Gasteiger partial charge in [-0.25, -0.2) is 4.79 Å². The van der Waals surface area contributed by atoms with Gasteiger partial charge in [-0.2, -0.15) is 0 Å². The highest BCUT2D eigenvalue weighted by molar-refractivity contribution is 6.31. The number of nitrogens with zero attached hydrogens (tertiary/aromatic N) is 1. The summed E-state index contributed by atoms with van der Waals surface area (Å²) >= 11 is 6.07. The largest absolute Gasteiger partial charge is 0.396 e. The molecule has 0 radical (unpaired) electrons. The van der Waals surface area contributed by atoms with E-state index in [4.69, 9.17) is 30.9 Å². The molecule has 0 saturated carbocycles. The Morgan fingerprint density at radius 1 is 1.15 bits per heavy atom. The summed E-state index contributed by atoms with van der Waals surface area (Å²) < 4.78 is 16.1. The van der Waals surface area contributed by atoms with Crippen molar-refractivity contribution in [2.24, 2.45) is 5.92 Å². The number of hydrogen-bond donors (Lipinski definition) is 4. The van der Waals surface area contributed by atoms with Gasteiger partial charge in [0.05, 0.1) is 6.04 Å². The van der Waals surface area contributed by atoms with Crippen molar-refractivity contribution in [2.45, 2.75) is 84.4 Å². The molecule has 1 aliphatic heterocycles. The first kappa shape index (κ1) is 40.8. The van der Waals surface area contributed by atoms with Gasteiger partial charge in [0.15, 0.2) is 6.29 Å². The number of anilines is 1. The van der Waals surface area contributed by atoms with Crippen LogP contribution in [-0.2, 0) is 43.3 Å². The van der Waals surface area contributed by atoms with E-state index in [1.165, 1.54) is 0 Å². The van der Waals surface area contributed by atoms with E-state index >= 15 is 0 Å². The molecule has 266 valence electrons. The second-order valence-corrected chi connectivity index (χ2v) is 13.0. The van der Waals surface area contributed by atoms with Crippen LogP contribution in [0.15, 0.2) is 36.4 Å². The summed E-state index contributed by atoms with van der Waals surface area (Å²) in [5, 5.41) is 17.4. The molecule has 4 N–H and O–H groups in total. The van der Waals surface area contributed by atoms with E-state index in [1.807, 2.05) is 19.9 Å². The minimum Gasteiger partial charge on any atom is -0.396 e. The van der Waals surface area contributed by atoms with Crippen molar-refractivity contribution >= 4 is 41.4 Å². The average Bonchev–Trinajstić information content (AvgIpc) is 3.00. The fourth-order valence-electron chi connectivity index (χ4n) is 5.15. The van der Waals surface area contributed by atoms with Crippen LogP contribution in [0.1, 0.15) is 74.0 Å². The Kier molecular flexibility index (Phi) is 17.2. The predicted octanol–water partition coefficient (Wildman–Crippen LogP) is 4.69. The van der Waals surface area contributed by atoms with Crippen LogP contribution in [0.3, 0.4) is 0 Å². The number of amides is 4. The second kappa shape index (κ2) is 20.2. The lowest BCUT2D eigenvalue weighted by atomic mass is 10.0. The maximum atomic E-state index is 12.4. The van der Waals surface area contributed by atoms with Crippen molar-refractivity contribution in [2.75, 3.05) is 39.8 Å². The van der Waals surface area contributed by atoms with Crippen LogP contribution in [0.4, 0.5) is 10.5 Å². The van der Waals surface area contributed by atoms with Crippen molar-refractivity contribution in [1.29, 1.82) is 0 Å². The fraction of sp³-hybridized carbons (Fsp3) is 0.543. The standard InChI is InChI=1S/C24H27ClN4O5.C11H24O3/c1-29(21-4-5-22(32)28-23(21)33)13-18-8-16(2-3-17(18)14-31)12-26-24(34)27-20-10-15(6-7-30)9-19(25)11-20;1-9(2)7-8-14-11(3,4)10(12-5)13-6/h2-3,8-11,14,21,30H,4-7,12-13H2,1H3,(H2,26,27,34)(H,28,32,33);9-10H,7-8H2,1-6H3. The number of benzene rings is 2. The molecule has 2 aromatic rings. The zero-order chi connectivity index (χ0) is 35.9. The number of aliphatic hydroxyl groups is 1. The Bertz CT molecular complexity index is 1370. The van der Waals surface area contributed by atoms with Gasteiger partial charge >= 0.3 is 6.03 Å². The molecule has 0 aliphatic carbocycles. The SMILES string of the molecule is CN(Cc1cc(CNC(=O)Nc2cc(Cl)cc(CCO)c2)ccc1C=O)C1CCC(=O)NC1=O.COC(OC)C(C)(C)OCCC(C)C. The number of urea groups is 1. The lowest BCUT2D eigenvalue weighted by Crippen LogP contribution is -2.51. The minimum atomic E-state index is -0.460. The third kappa shape index (κ3) is 13.6. The minimum absolute atomic E-state index is 0.0240. The average molecular weight is 691 g/mol. The molecule has 3 rings (SSSR count). The van der Waals surface area contributed by atoms with Crippen molar-refractivity contribution in [3.63, 3.8) is 0 Å². The molecule has 1 atom stereocenters. The van der Waals surface area contributed by atoms with E-state index < -0.39 is 17.7 Å². The third-order valence-electron chi connectivity index (χ3n) is 7.73. The lowest BCUT2D eigenvalue weighted by molar-refractivity contribution is -0.221. The van der Waals surface area contributed by atoms with E-state index in [1.54, 1.807) is 56.5 Å². The van der Waals surface area contributed by atoms with Crippen LogP contribution < -0.4 is 16.0 Å². The molecule has 1 aliphatic rings. The maximum Gasteiger partial charge on any atom is 0.319 e. The van der Waals surface area contributed by atoms with Crippen LogP contribution in [0.25, 0.3) is 0 Å². The molecule has 12 nitrogen and oxygen atoms in total. The number of halogens is 1. The number of methoxy groups -OCH3 is 2. The van der Waals surface area contributed by atoms with Gasteiger partial charge in [0.1, 0.15) is 11.9 Å². The van der Waals surface area contributed by atoms with Gasteiger partial charge in [-0.15, -0.1) is 0 Å². The Balaban J connectivity index is 0.000000482. The quantitative estimate of drug-likeness (QED) is 0.112. The maximum absolute atomic E-state index is 12.4. The Hall–Kier alpha value is -3.39. The monoisotopic (exact) mass is 690 g/mol. The number of hydrogen-bond acceptors (Lipinski definition) is 9. The number of piperidine rings is 1. The molecule has 2 aromatic carbocycles.